The van der Waals surface area contributed by atoms with Crippen LogP contribution in [0.25, 0.3) is 0 Å². The Balaban J connectivity index is 4.09. The monoisotopic (exact) mass is 218 g/mol. The molecule has 0 saturated heterocycles. The zero-order chi connectivity index (χ0) is 11.2. The first kappa shape index (κ1) is 13.3. The van der Waals surface area contributed by atoms with Crippen molar-refractivity contribution in [1.82, 2.24) is 0 Å². The van der Waals surface area contributed by atoms with Crippen molar-refractivity contribution in [2.75, 3.05) is 14.2 Å². The van der Waals surface area contributed by atoms with Gasteiger partial charge in [0.05, 0.1) is 0 Å². The van der Waals surface area contributed by atoms with Gasteiger partial charge in [0.15, 0.2) is 0 Å². The number of ether oxygens (including phenoxy) is 1. The van der Waals surface area contributed by atoms with Crippen LogP contribution in [0.5, 0.6) is 0 Å². The molecule has 0 aliphatic carbocycles. The molecule has 0 aromatic heterocycles. The van der Waals surface area contributed by atoms with E-state index in [2.05, 4.69) is 6.58 Å². The molecule has 4 nitrogen and oxygen atoms in total. The van der Waals surface area contributed by atoms with Crippen LogP contribution >= 0.6 is 0 Å². The summed E-state index contributed by atoms with van der Waals surface area (Å²) in [6, 6.07) is 0.611. The van der Waals surface area contributed by atoms with Crippen LogP contribution in [0.3, 0.4) is 0 Å². The minimum Gasteiger partial charge on any atom is -0.460 e. The van der Waals surface area contributed by atoms with Crippen LogP contribution in [0.4, 0.5) is 0 Å². The van der Waals surface area contributed by atoms with Crippen molar-refractivity contribution in [2.45, 2.75) is 25.6 Å². The molecule has 0 saturated carbocycles. The van der Waals surface area contributed by atoms with Gasteiger partial charge in [0.2, 0.25) is 0 Å². The van der Waals surface area contributed by atoms with Crippen molar-refractivity contribution in [2.24, 2.45) is 0 Å². The van der Waals surface area contributed by atoms with E-state index in [9.17, 15) is 4.79 Å². The van der Waals surface area contributed by atoms with Gasteiger partial charge in [-0.2, -0.15) is 0 Å². The molecule has 0 aromatic rings. The Kier molecular flexibility index (Phi) is 5.67. The Hall–Kier alpha value is -0.653. The zero-order valence-corrected chi connectivity index (χ0v) is 10.2. The maximum Gasteiger partial charge on any atom is 0.338 e. The summed E-state index contributed by atoms with van der Waals surface area (Å²) >= 11 is 0. The lowest BCUT2D eigenvalue weighted by Crippen LogP contribution is -2.40. The summed E-state index contributed by atoms with van der Waals surface area (Å²) in [5.74, 6) is -0.416. The van der Waals surface area contributed by atoms with Crippen LogP contribution < -0.4 is 0 Å². The van der Waals surface area contributed by atoms with Crippen LogP contribution in [0, 0.1) is 0 Å². The van der Waals surface area contributed by atoms with E-state index in [-0.39, 0.29) is 6.10 Å². The van der Waals surface area contributed by atoms with Crippen molar-refractivity contribution >= 4 is 14.5 Å². The smallest absolute Gasteiger partial charge is 0.338 e. The van der Waals surface area contributed by atoms with E-state index >= 15 is 0 Å². The maximum atomic E-state index is 10.9. The number of hydrogen-bond donors (Lipinski definition) is 0. The van der Waals surface area contributed by atoms with Crippen LogP contribution in [0.15, 0.2) is 12.7 Å². The van der Waals surface area contributed by atoms with Gasteiger partial charge in [0.1, 0.15) is 6.10 Å². The second kappa shape index (κ2) is 5.95. The van der Waals surface area contributed by atoms with Crippen LogP contribution in [-0.2, 0) is 18.4 Å². The van der Waals surface area contributed by atoms with Crippen LogP contribution in [-0.4, -0.2) is 34.9 Å². The van der Waals surface area contributed by atoms with Crippen molar-refractivity contribution in [3.05, 3.63) is 12.7 Å². The van der Waals surface area contributed by atoms with Crippen molar-refractivity contribution in [1.29, 1.82) is 0 Å². The predicted molar refractivity (Wildman–Crippen MR) is 56.2 cm³/mol. The quantitative estimate of drug-likeness (QED) is 0.385. The van der Waals surface area contributed by atoms with Gasteiger partial charge in [-0.3, -0.25) is 0 Å². The van der Waals surface area contributed by atoms with E-state index in [1.165, 1.54) is 0 Å². The second-order valence-corrected chi connectivity index (χ2v) is 6.69. The molecule has 0 heterocycles. The molecule has 0 aromatic carbocycles. The van der Waals surface area contributed by atoms with Gasteiger partial charge in [-0.05, 0) is 13.5 Å². The normalized spacial score (nSPS) is 13.4. The fourth-order valence-corrected chi connectivity index (χ4v) is 2.69. The summed E-state index contributed by atoms with van der Waals surface area (Å²) in [5.41, 5.74) is 0. The fourth-order valence-electron chi connectivity index (χ4n) is 1.06. The molecule has 0 spiro atoms. The predicted octanol–water partition coefficient (Wildman–Crippen LogP) is 1.47. The zero-order valence-electron chi connectivity index (χ0n) is 9.20. The molecule has 0 N–H and O–H groups in total. The largest absolute Gasteiger partial charge is 0.460 e. The SMILES string of the molecule is C=CC(=O)OC(C)C[Si](C)(OC)OC. The lowest BCUT2D eigenvalue weighted by molar-refractivity contribution is -0.141. The molecule has 0 amide bonds. The number of carbonyl (C=O) groups is 1. The average Bonchev–Trinajstić information content (AvgIpc) is 2.17. The average molecular weight is 218 g/mol. The number of esters is 1. The number of rotatable bonds is 6. The summed E-state index contributed by atoms with van der Waals surface area (Å²) < 4.78 is 15.6. The molecule has 5 heteroatoms. The molecule has 0 fully saturated rings. The van der Waals surface area contributed by atoms with E-state index < -0.39 is 14.5 Å². The van der Waals surface area contributed by atoms with E-state index in [4.69, 9.17) is 13.6 Å². The number of carbonyl (C=O) groups excluding carboxylic acids is 1. The molecule has 0 aliphatic heterocycles. The highest BCUT2D eigenvalue weighted by Crippen LogP contribution is 2.15. The molecule has 0 aliphatic rings. The minimum atomic E-state index is -2.15. The van der Waals surface area contributed by atoms with Crippen molar-refractivity contribution in [3.63, 3.8) is 0 Å². The summed E-state index contributed by atoms with van der Waals surface area (Å²) in [7, 11) is 1.07. The lowest BCUT2D eigenvalue weighted by atomic mass is 10.5. The first-order chi connectivity index (χ1) is 6.47. The molecule has 0 bridgehead atoms. The lowest BCUT2D eigenvalue weighted by Gasteiger charge is -2.25. The second-order valence-electron chi connectivity index (χ2n) is 3.20. The first-order valence-electron chi connectivity index (χ1n) is 4.40. The Morgan fingerprint density at radius 3 is 2.36 bits per heavy atom. The van der Waals surface area contributed by atoms with E-state index in [0.29, 0.717) is 6.04 Å². The molecule has 0 rings (SSSR count). The highest BCUT2D eigenvalue weighted by atomic mass is 28.4. The van der Waals surface area contributed by atoms with Crippen molar-refractivity contribution in [3.8, 4) is 0 Å². The molecule has 0 radical (unpaired) electrons. The topological polar surface area (TPSA) is 44.8 Å². The maximum absolute atomic E-state index is 10.9. The Morgan fingerprint density at radius 2 is 2.00 bits per heavy atom. The number of hydrogen-bond acceptors (Lipinski definition) is 4. The Morgan fingerprint density at radius 1 is 1.50 bits per heavy atom. The van der Waals surface area contributed by atoms with Gasteiger partial charge in [-0.25, -0.2) is 4.79 Å². The highest BCUT2D eigenvalue weighted by Gasteiger charge is 2.32. The van der Waals surface area contributed by atoms with Gasteiger partial charge in [0, 0.05) is 26.3 Å². The van der Waals surface area contributed by atoms with E-state index in [0.717, 1.165) is 6.08 Å². The molecule has 1 atom stereocenters. The van der Waals surface area contributed by atoms with Gasteiger partial charge >= 0.3 is 14.5 Å². The molecule has 82 valence electrons. The summed E-state index contributed by atoms with van der Waals surface area (Å²) in [5, 5.41) is 0. The first-order valence-corrected chi connectivity index (χ1v) is 6.93. The highest BCUT2D eigenvalue weighted by molar-refractivity contribution is 6.66. The molecule has 1 unspecified atom stereocenters. The van der Waals surface area contributed by atoms with E-state index in [1.54, 1.807) is 14.2 Å². The Bertz CT molecular complexity index is 201. The van der Waals surface area contributed by atoms with Gasteiger partial charge in [-0.1, -0.05) is 6.58 Å². The Labute approximate surface area is 86.1 Å². The molecular formula is C9H18O4Si. The third-order valence-electron chi connectivity index (χ3n) is 2.01. The van der Waals surface area contributed by atoms with Crippen LogP contribution in [0.2, 0.25) is 12.6 Å². The third-order valence-corrected chi connectivity index (χ3v) is 5.05. The van der Waals surface area contributed by atoms with Crippen LogP contribution in [0.1, 0.15) is 6.92 Å². The van der Waals surface area contributed by atoms with Gasteiger partial charge in [0.25, 0.3) is 0 Å². The van der Waals surface area contributed by atoms with Gasteiger partial charge in [-0.15, -0.1) is 0 Å². The van der Waals surface area contributed by atoms with Gasteiger partial charge < -0.3 is 13.6 Å². The molecular weight excluding hydrogens is 200 g/mol. The fraction of sp³-hybridized carbons (Fsp3) is 0.667. The standard InChI is InChI=1S/C9H18O4Si/c1-6-9(10)13-8(2)7-14(5,11-3)12-4/h6,8H,1,7H2,2-5H3. The summed E-state index contributed by atoms with van der Waals surface area (Å²) in [6.07, 6.45) is 0.937. The molecule has 14 heavy (non-hydrogen) atoms. The summed E-state index contributed by atoms with van der Waals surface area (Å²) in [4.78, 5) is 10.9. The minimum absolute atomic E-state index is 0.211. The third kappa shape index (κ3) is 4.55. The van der Waals surface area contributed by atoms with E-state index in [1.807, 2.05) is 13.5 Å². The van der Waals surface area contributed by atoms with Crippen molar-refractivity contribution < 1.29 is 18.4 Å². The summed E-state index contributed by atoms with van der Waals surface area (Å²) in [6.45, 7) is 7.06.